The molecule has 0 unspecified atom stereocenters. The van der Waals surface area contributed by atoms with Crippen molar-refractivity contribution in [2.75, 3.05) is 5.32 Å². The molecule has 2 rings (SSSR count). The van der Waals surface area contributed by atoms with Crippen LogP contribution in [0.15, 0.2) is 42.6 Å². The highest BCUT2D eigenvalue weighted by atomic mass is 127. The van der Waals surface area contributed by atoms with Crippen molar-refractivity contribution in [3.05, 3.63) is 51.7 Å². The maximum Gasteiger partial charge on any atom is 0.131 e. The zero-order valence-corrected chi connectivity index (χ0v) is 10.5. The number of aromatic nitrogens is 1. The normalized spacial score (nSPS) is 10.0. The summed E-state index contributed by atoms with van der Waals surface area (Å²) in [6.07, 6.45) is 1.80. The third kappa shape index (κ3) is 2.92. The zero-order valence-electron chi connectivity index (χ0n) is 8.37. The Hall–Kier alpha value is -1.10. The average Bonchev–Trinajstić information content (AvgIpc) is 2.22. The maximum atomic E-state index is 4.24. The second-order valence-electron chi connectivity index (χ2n) is 3.35. The molecule has 2 aromatic rings. The number of rotatable bonds is 2. The number of anilines is 2. The first kappa shape index (κ1) is 10.4. The van der Waals surface area contributed by atoms with Crippen molar-refractivity contribution in [1.82, 2.24) is 4.98 Å². The number of hydrogen-bond donors (Lipinski definition) is 1. The summed E-state index contributed by atoms with van der Waals surface area (Å²) in [5, 5.41) is 3.26. The Morgan fingerprint density at radius 2 is 1.87 bits per heavy atom. The highest BCUT2D eigenvalue weighted by Gasteiger charge is 1.95. The lowest BCUT2D eigenvalue weighted by molar-refractivity contribution is 1.29. The van der Waals surface area contributed by atoms with Crippen molar-refractivity contribution in [2.24, 2.45) is 0 Å². The van der Waals surface area contributed by atoms with Crippen LogP contribution < -0.4 is 5.32 Å². The quantitative estimate of drug-likeness (QED) is 0.855. The van der Waals surface area contributed by atoms with E-state index in [9.17, 15) is 0 Å². The van der Waals surface area contributed by atoms with Crippen LogP contribution in [0.2, 0.25) is 0 Å². The van der Waals surface area contributed by atoms with Gasteiger partial charge >= 0.3 is 0 Å². The molecule has 1 N–H and O–H groups in total. The molecule has 0 aliphatic rings. The fraction of sp³-hybridized carbons (Fsp3) is 0.0833. The van der Waals surface area contributed by atoms with Gasteiger partial charge in [0.1, 0.15) is 5.82 Å². The first-order valence-corrected chi connectivity index (χ1v) is 5.77. The van der Waals surface area contributed by atoms with Gasteiger partial charge in [-0.25, -0.2) is 4.98 Å². The van der Waals surface area contributed by atoms with E-state index in [0.717, 1.165) is 11.5 Å². The molecule has 0 saturated heterocycles. The van der Waals surface area contributed by atoms with Crippen LogP contribution in [0.25, 0.3) is 0 Å². The number of halogens is 1. The van der Waals surface area contributed by atoms with Crippen molar-refractivity contribution < 1.29 is 0 Å². The Kier molecular flexibility index (Phi) is 3.20. The fourth-order valence-electron chi connectivity index (χ4n) is 1.26. The van der Waals surface area contributed by atoms with Crippen molar-refractivity contribution in [3.8, 4) is 0 Å². The first-order valence-electron chi connectivity index (χ1n) is 4.69. The molecule has 1 heterocycles. The van der Waals surface area contributed by atoms with Gasteiger partial charge in [-0.1, -0.05) is 17.7 Å². The Balaban J connectivity index is 2.18. The molecular weight excluding hydrogens is 299 g/mol. The van der Waals surface area contributed by atoms with E-state index in [4.69, 9.17) is 0 Å². The van der Waals surface area contributed by atoms with Gasteiger partial charge in [0.25, 0.3) is 0 Å². The van der Waals surface area contributed by atoms with E-state index in [1.807, 2.05) is 12.1 Å². The van der Waals surface area contributed by atoms with Crippen LogP contribution >= 0.6 is 22.6 Å². The van der Waals surface area contributed by atoms with Crippen LogP contribution in [0.4, 0.5) is 11.5 Å². The Bertz CT molecular complexity index is 451. The van der Waals surface area contributed by atoms with E-state index >= 15 is 0 Å². The third-order valence-electron chi connectivity index (χ3n) is 2.05. The minimum Gasteiger partial charge on any atom is -0.340 e. The number of nitrogens with one attached hydrogen (secondary N) is 1. The number of benzene rings is 1. The second kappa shape index (κ2) is 4.61. The van der Waals surface area contributed by atoms with Crippen LogP contribution in [0.5, 0.6) is 0 Å². The molecule has 0 radical (unpaired) electrons. The fourth-order valence-corrected chi connectivity index (χ4v) is 1.71. The molecule has 0 amide bonds. The van der Waals surface area contributed by atoms with Crippen molar-refractivity contribution in [2.45, 2.75) is 6.92 Å². The van der Waals surface area contributed by atoms with Crippen LogP contribution in [0.3, 0.4) is 0 Å². The highest BCUT2D eigenvalue weighted by molar-refractivity contribution is 14.1. The lowest BCUT2D eigenvalue weighted by atomic mass is 10.2. The smallest absolute Gasteiger partial charge is 0.131 e. The maximum absolute atomic E-state index is 4.24. The molecule has 2 nitrogen and oxygen atoms in total. The van der Waals surface area contributed by atoms with Crippen molar-refractivity contribution >= 4 is 34.1 Å². The standard InChI is InChI=1S/C12H11IN2/c1-9-2-4-11(5-3-9)15-12-8-10(13)6-7-14-12/h2-8H,1H3,(H,14,15). The Morgan fingerprint density at radius 1 is 1.13 bits per heavy atom. The third-order valence-corrected chi connectivity index (χ3v) is 2.72. The molecule has 0 spiro atoms. The molecular formula is C12H11IN2. The van der Waals surface area contributed by atoms with E-state index in [0.29, 0.717) is 0 Å². The number of hydrogen-bond acceptors (Lipinski definition) is 2. The van der Waals surface area contributed by atoms with Gasteiger partial charge in [-0.3, -0.25) is 0 Å². The van der Waals surface area contributed by atoms with E-state index in [2.05, 4.69) is 64.1 Å². The summed E-state index contributed by atoms with van der Waals surface area (Å²) in [4.78, 5) is 4.24. The number of aryl methyl sites for hydroxylation is 1. The molecule has 0 saturated carbocycles. The SMILES string of the molecule is Cc1ccc(Nc2cc(I)ccn2)cc1. The van der Waals surface area contributed by atoms with Gasteiger partial charge in [0.15, 0.2) is 0 Å². The summed E-state index contributed by atoms with van der Waals surface area (Å²) in [6, 6.07) is 12.3. The van der Waals surface area contributed by atoms with Gasteiger partial charge in [0, 0.05) is 15.5 Å². The first-order chi connectivity index (χ1) is 7.24. The van der Waals surface area contributed by atoms with Gasteiger partial charge in [0.2, 0.25) is 0 Å². The van der Waals surface area contributed by atoms with Crippen LogP contribution in [0.1, 0.15) is 5.56 Å². The minimum atomic E-state index is 0.880. The largest absolute Gasteiger partial charge is 0.340 e. The lowest BCUT2D eigenvalue weighted by Crippen LogP contribution is -1.93. The Morgan fingerprint density at radius 3 is 2.53 bits per heavy atom. The summed E-state index contributed by atoms with van der Waals surface area (Å²) in [5.74, 6) is 0.880. The monoisotopic (exact) mass is 310 g/mol. The summed E-state index contributed by atoms with van der Waals surface area (Å²) < 4.78 is 1.18. The Labute approximate surface area is 103 Å². The topological polar surface area (TPSA) is 24.9 Å². The van der Waals surface area contributed by atoms with E-state index in [1.54, 1.807) is 6.20 Å². The van der Waals surface area contributed by atoms with Gasteiger partial charge in [-0.15, -0.1) is 0 Å². The second-order valence-corrected chi connectivity index (χ2v) is 4.60. The minimum absolute atomic E-state index is 0.880. The molecule has 0 atom stereocenters. The molecule has 1 aromatic heterocycles. The summed E-state index contributed by atoms with van der Waals surface area (Å²) in [5.41, 5.74) is 2.33. The van der Waals surface area contributed by atoms with Gasteiger partial charge in [0.05, 0.1) is 0 Å². The van der Waals surface area contributed by atoms with Crippen molar-refractivity contribution in [1.29, 1.82) is 0 Å². The summed E-state index contributed by atoms with van der Waals surface area (Å²) >= 11 is 2.27. The molecule has 3 heteroatoms. The van der Waals surface area contributed by atoms with E-state index < -0.39 is 0 Å². The van der Waals surface area contributed by atoms with Crippen LogP contribution in [0, 0.1) is 10.5 Å². The summed E-state index contributed by atoms with van der Waals surface area (Å²) in [6.45, 7) is 2.08. The summed E-state index contributed by atoms with van der Waals surface area (Å²) in [7, 11) is 0. The molecule has 0 bridgehead atoms. The molecule has 76 valence electrons. The molecule has 0 aliphatic carbocycles. The lowest BCUT2D eigenvalue weighted by Gasteiger charge is -2.05. The predicted molar refractivity (Wildman–Crippen MR) is 71.4 cm³/mol. The van der Waals surface area contributed by atoms with E-state index in [-0.39, 0.29) is 0 Å². The molecule has 0 aliphatic heterocycles. The average molecular weight is 310 g/mol. The molecule has 0 fully saturated rings. The molecule has 15 heavy (non-hydrogen) atoms. The van der Waals surface area contributed by atoms with Gasteiger partial charge < -0.3 is 5.32 Å². The number of pyridine rings is 1. The predicted octanol–water partition coefficient (Wildman–Crippen LogP) is 3.74. The highest BCUT2D eigenvalue weighted by Crippen LogP contribution is 2.16. The van der Waals surface area contributed by atoms with E-state index in [1.165, 1.54) is 9.13 Å². The number of nitrogens with zero attached hydrogens (tertiary/aromatic N) is 1. The van der Waals surface area contributed by atoms with Crippen LogP contribution in [-0.4, -0.2) is 4.98 Å². The van der Waals surface area contributed by atoms with Gasteiger partial charge in [-0.05, 0) is 53.8 Å². The van der Waals surface area contributed by atoms with Crippen LogP contribution in [-0.2, 0) is 0 Å². The zero-order chi connectivity index (χ0) is 10.7. The molecule has 1 aromatic carbocycles. The van der Waals surface area contributed by atoms with Crippen molar-refractivity contribution in [3.63, 3.8) is 0 Å². The van der Waals surface area contributed by atoms with Gasteiger partial charge in [-0.2, -0.15) is 0 Å².